The maximum absolute atomic E-state index is 12.9. The summed E-state index contributed by atoms with van der Waals surface area (Å²) in [4.78, 5) is 0. The van der Waals surface area contributed by atoms with Crippen molar-refractivity contribution in [3.63, 3.8) is 0 Å². The molecule has 0 aliphatic heterocycles. The first-order valence-corrected chi connectivity index (χ1v) is 4.95. The van der Waals surface area contributed by atoms with Crippen LogP contribution >= 0.6 is 27.5 Å². The topological polar surface area (TPSA) is 23.8 Å². The minimum absolute atomic E-state index is 0.332. The maximum atomic E-state index is 12.9. The summed E-state index contributed by atoms with van der Waals surface area (Å²) in [6, 6.07) is 6.31. The lowest BCUT2D eigenvalue weighted by Gasteiger charge is -2.01. The van der Waals surface area contributed by atoms with E-state index in [2.05, 4.69) is 15.9 Å². The van der Waals surface area contributed by atoms with E-state index < -0.39 is 0 Å². The van der Waals surface area contributed by atoms with Gasteiger partial charge >= 0.3 is 0 Å². The van der Waals surface area contributed by atoms with Gasteiger partial charge in [0.25, 0.3) is 0 Å². The molecule has 0 fully saturated rings. The number of nitriles is 1. The lowest BCUT2D eigenvalue weighted by atomic mass is 10.1. The zero-order chi connectivity index (χ0) is 10.7. The van der Waals surface area contributed by atoms with Gasteiger partial charge in [0, 0.05) is 5.57 Å². The van der Waals surface area contributed by atoms with Gasteiger partial charge in [-0.15, -0.1) is 0 Å². The summed E-state index contributed by atoms with van der Waals surface area (Å²) in [7, 11) is 0. The van der Waals surface area contributed by atoms with Crippen molar-refractivity contribution in [2.75, 3.05) is 0 Å². The smallest absolute Gasteiger partial charge is 0.137 e. The highest BCUT2D eigenvalue weighted by molar-refractivity contribution is 9.10. The Balaban J connectivity index is 3.24. The fourth-order valence-corrected chi connectivity index (χ4v) is 1.44. The van der Waals surface area contributed by atoms with Crippen molar-refractivity contribution in [3.05, 3.63) is 39.6 Å². The second-order valence-corrected chi connectivity index (χ2v) is 3.91. The summed E-state index contributed by atoms with van der Waals surface area (Å²) in [5, 5.41) is 8.95. The Morgan fingerprint density at radius 1 is 1.57 bits per heavy atom. The Morgan fingerprint density at radius 3 is 2.71 bits per heavy atom. The van der Waals surface area contributed by atoms with Gasteiger partial charge in [-0.2, -0.15) is 5.26 Å². The van der Waals surface area contributed by atoms with Gasteiger partial charge in [0.15, 0.2) is 0 Å². The van der Waals surface area contributed by atoms with Crippen molar-refractivity contribution in [1.29, 1.82) is 5.26 Å². The van der Waals surface area contributed by atoms with Crippen LogP contribution in [0, 0.1) is 17.1 Å². The maximum Gasteiger partial charge on any atom is 0.137 e. The molecular formula is C10H6BrClFN. The normalized spacial score (nSPS) is 11.9. The second-order valence-electron chi connectivity index (χ2n) is 2.68. The molecule has 0 heterocycles. The molecule has 0 aromatic heterocycles. The Bertz CT molecular complexity index is 434. The molecule has 0 saturated carbocycles. The van der Waals surface area contributed by atoms with Crippen LogP contribution in [0.25, 0.3) is 5.03 Å². The molecule has 1 nitrogen and oxygen atoms in total. The van der Waals surface area contributed by atoms with E-state index >= 15 is 0 Å². The van der Waals surface area contributed by atoms with Crippen LogP contribution < -0.4 is 0 Å². The molecule has 0 bridgehead atoms. The van der Waals surface area contributed by atoms with Gasteiger partial charge < -0.3 is 0 Å². The molecule has 0 saturated heterocycles. The standard InChI is InChI=1S/C10H6BrClFN/c1-6(5-14)10(12)7-2-3-9(13)8(11)4-7/h2-4H,1H3/b10-6-. The Kier molecular flexibility index (Phi) is 3.68. The van der Waals surface area contributed by atoms with Gasteiger partial charge in [0.05, 0.1) is 15.6 Å². The molecule has 0 aliphatic rings. The second kappa shape index (κ2) is 4.59. The first-order chi connectivity index (χ1) is 6.56. The van der Waals surface area contributed by atoms with E-state index in [1.165, 1.54) is 12.1 Å². The molecule has 0 atom stereocenters. The van der Waals surface area contributed by atoms with Gasteiger partial charge in [0.2, 0.25) is 0 Å². The third-order valence-corrected chi connectivity index (χ3v) is 2.78. The number of nitrogens with zero attached hydrogens (tertiary/aromatic N) is 1. The molecule has 1 aromatic rings. The van der Waals surface area contributed by atoms with Gasteiger partial charge in [-0.25, -0.2) is 4.39 Å². The van der Waals surface area contributed by atoms with Crippen molar-refractivity contribution >= 4 is 32.6 Å². The van der Waals surface area contributed by atoms with Crippen LogP contribution in [-0.4, -0.2) is 0 Å². The monoisotopic (exact) mass is 273 g/mol. The van der Waals surface area contributed by atoms with Crippen LogP contribution in [0.1, 0.15) is 12.5 Å². The van der Waals surface area contributed by atoms with Crippen LogP contribution in [0.15, 0.2) is 28.2 Å². The highest BCUT2D eigenvalue weighted by Gasteiger charge is 2.05. The first kappa shape index (κ1) is 11.2. The van der Waals surface area contributed by atoms with E-state index in [0.29, 0.717) is 20.6 Å². The quantitative estimate of drug-likeness (QED) is 0.708. The largest absolute Gasteiger partial charge is 0.206 e. The van der Waals surface area contributed by atoms with Crippen molar-refractivity contribution in [2.24, 2.45) is 0 Å². The molecule has 1 rings (SSSR count). The lowest BCUT2D eigenvalue weighted by Crippen LogP contribution is -1.84. The van der Waals surface area contributed by atoms with Crippen LogP contribution in [-0.2, 0) is 0 Å². The number of hydrogen-bond donors (Lipinski definition) is 0. The Labute approximate surface area is 94.9 Å². The molecular weight excluding hydrogens is 268 g/mol. The number of rotatable bonds is 1. The summed E-state index contributed by atoms with van der Waals surface area (Å²) >= 11 is 8.94. The summed E-state index contributed by atoms with van der Waals surface area (Å²) in [5.74, 6) is -0.354. The van der Waals surface area contributed by atoms with Gasteiger partial charge in [-0.3, -0.25) is 0 Å². The van der Waals surface area contributed by atoms with E-state index in [9.17, 15) is 4.39 Å². The molecule has 1 aromatic carbocycles. The molecule has 0 radical (unpaired) electrons. The highest BCUT2D eigenvalue weighted by atomic mass is 79.9. The summed E-state index contributed by atoms with van der Waals surface area (Å²) in [6.45, 7) is 1.61. The van der Waals surface area contributed by atoms with Crippen molar-refractivity contribution in [1.82, 2.24) is 0 Å². The molecule has 14 heavy (non-hydrogen) atoms. The van der Waals surface area contributed by atoms with Crippen molar-refractivity contribution in [3.8, 4) is 6.07 Å². The zero-order valence-electron chi connectivity index (χ0n) is 7.31. The number of hydrogen-bond acceptors (Lipinski definition) is 1. The minimum atomic E-state index is -0.354. The lowest BCUT2D eigenvalue weighted by molar-refractivity contribution is 0.621. The van der Waals surface area contributed by atoms with E-state index in [-0.39, 0.29) is 5.82 Å². The van der Waals surface area contributed by atoms with Crippen LogP contribution in [0.5, 0.6) is 0 Å². The van der Waals surface area contributed by atoms with Crippen LogP contribution in [0.3, 0.4) is 0 Å². The van der Waals surface area contributed by atoms with Gasteiger partial charge in [-0.1, -0.05) is 17.7 Å². The molecule has 4 heteroatoms. The average molecular weight is 275 g/mol. The molecule has 0 unspecified atom stereocenters. The predicted octanol–water partition coefficient (Wildman–Crippen LogP) is 4.08. The fourth-order valence-electron chi connectivity index (χ4n) is 0.898. The number of benzene rings is 1. The van der Waals surface area contributed by atoms with Crippen LogP contribution in [0.4, 0.5) is 4.39 Å². The third-order valence-electron chi connectivity index (χ3n) is 1.67. The Hall–Kier alpha value is -0.850. The molecule has 0 aliphatic carbocycles. The average Bonchev–Trinajstić information content (AvgIpc) is 2.20. The summed E-state index contributed by atoms with van der Waals surface area (Å²) in [5.41, 5.74) is 1.03. The van der Waals surface area contributed by atoms with Crippen molar-refractivity contribution in [2.45, 2.75) is 6.92 Å². The number of allylic oxidation sites excluding steroid dienone is 1. The van der Waals surface area contributed by atoms with Crippen LogP contribution in [0.2, 0.25) is 0 Å². The molecule has 0 amide bonds. The van der Waals surface area contributed by atoms with E-state index in [0.717, 1.165) is 0 Å². The summed E-state index contributed by atoms with van der Waals surface area (Å²) < 4.78 is 13.2. The highest BCUT2D eigenvalue weighted by Crippen LogP contribution is 2.26. The van der Waals surface area contributed by atoms with E-state index in [1.807, 2.05) is 6.07 Å². The van der Waals surface area contributed by atoms with Gasteiger partial charge in [0.1, 0.15) is 5.82 Å². The van der Waals surface area contributed by atoms with E-state index in [4.69, 9.17) is 16.9 Å². The van der Waals surface area contributed by atoms with E-state index in [1.54, 1.807) is 13.0 Å². The third kappa shape index (κ3) is 2.34. The first-order valence-electron chi connectivity index (χ1n) is 3.78. The summed E-state index contributed by atoms with van der Waals surface area (Å²) in [6.07, 6.45) is 0. The predicted molar refractivity (Wildman–Crippen MR) is 58.2 cm³/mol. The molecule has 0 spiro atoms. The van der Waals surface area contributed by atoms with Gasteiger partial charge in [-0.05, 0) is 40.5 Å². The Morgan fingerprint density at radius 2 is 2.21 bits per heavy atom. The SMILES string of the molecule is C/C(C#N)=C(/Cl)c1ccc(F)c(Br)c1. The van der Waals surface area contributed by atoms with Crippen molar-refractivity contribution < 1.29 is 4.39 Å². The molecule has 72 valence electrons. The zero-order valence-corrected chi connectivity index (χ0v) is 9.66. The number of halogens is 3. The minimum Gasteiger partial charge on any atom is -0.206 e. The fraction of sp³-hybridized carbons (Fsp3) is 0.100. The molecule has 0 N–H and O–H groups in total.